The van der Waals surface area contributed by atoms with E-state index in [1.165, 1.54) is 17.1 Å². The van der Waals surface area contributed by atoms with E-state index in [-0.39, 0.29) is 23.6 Å². The van der Waals surface area contributed by atoms with Gasteiger partial charge in [0.05, 0.1) is 11.3 Å². The molecule has 2 heterocycles. The van der Waals surface area contributed by atoms with Crippen LogP contribution in [0.2, 0.25) is 0 Å². The Labute approximate surface area is 175 Å². The number of carbonyl (C=O) groups excluding carboxylic acids is 3. The molecule has 1 amide bonds. The van der Waals surface area contributed by atoms with Gasteiger partial charge in [0.2, 0.25) is 11.7 Å². The van der Waals surface area contributed by atoms with Crippen molar-refractivity contribution in [2.75, 3.05) is 11.9 Å². The molecule has 10 nitrogen and oxygen atoms in total. The number of carbonyl (C=O) groups is 3. The summed E-state index contributed by atoms with van der Waals surface area (Å²) in [5.41, 5.74) is 1.64. The standard InChI is InChI=1S/C21H17N5O5/c1-13-14-6-3-5-9-18(14)31-20(13)17(27)11-30-21(29)15-7-2-4-8-16(15)23-19(28)10-26-12-22-24-25-26/h2-9,12H,10-11H2,1H3,(H,23,28). The summed E-state index contributed by atoms with van der Waals surface area (Å²) in [5, 5.41) is 14.0. The lowest BCUT2D eigenvalue weighted by atomic mass is 10.1. The number of aryl methyl sites for hydroxylation is 1. The van der Waals surface area contributed by atoms with Crippen LogP contribution in [-0.4, -0.2) is 44.5 Å². The van der Waals surface area contributed by atoms with Crippen molar-refractivity contribution in [1.29, 1.82) is 0 Å². The van der Waals surface area contributed by atoms with Gasteiger partial charge in [-0.1, -0.05) is 30.3 Å². The molecular formula is C21H17N5O5. The summed E-state index contributed by atoms with van der Waals surface area (Å²) in [6.45, 7) is 1.16. The van der Waals surface area contributed by atoms with Gasteiger partial charge in [-0.2, -0.15) is 0 Å². The minimum Gasteiger partial charge on any atom is -0.453 e. The highest BCUT2D eigenvalue weighted by atomic mass is 16.5. The highest BCUT2D eigenvalue weighted by molar-refractivity contribution is 6.04. The Kier molecular flexibility index (Phi) is 5.52. The number of fused-ring (bicyclic) bond motifs is 1. The summed E-state index contributed by atoms with van der Waals surface area (Å²) >= 11 is 0. The Balaban J connectivity index is 1.43. The quantitative estimate of drug-likeness (QED) is 0.357. The zero-order valence-electron chi connectivity index (χ0n) is 16.4. The summed E-state index contributed by atoms with van der Waals surface area (Å²) < 4.78 is 12.0. The molecule has 0 fully saturated rings. The summed E-state index contributed by atoms with van der Waals surface area (Å²) in [4.78, 5) is 37.3. The first-order valence-electron chi connectivity index (χ1n) is 9.31. The second kappa shape index (κ2) is 8.57. The van der Waals surface area contributed by atoms with Crippen LogP contribution in [0.5, 0.6) is 0 Å². The number of ketones is 1. The molecule has 31 heavy (non-hydrogen) atoms. The third-order valence-electron chi connectivity index (χ3n) is 4.55. The Morgan fingerprint density at radius 3 is 2.65 bits per heavy atom. The van der Waals surface area contributed by atoms with Crippen LogP contribution in [0, 0.1) is 6.92 Å². The molecule has 0 saturated heterocycles. The SMILES string of the molecule is Cc1c(C(=O)COC(=O)c2ccccc2NC(=O)Cn2cnnn2)oc2ccccc12. The summed E-state index contributed by atoms with van der Waals surface area (Å²) in [5.74, 6) is -1.48. The fourth-order valence-corrected chi connectivity index (χ4v) is 3.07. The normalized spacial score (nSPS) is 10.7. The number of furan rings is 1. The number of Topliss-reactive ketones (excluding diaryl/α,β-unsaturated/α-hetero) is 1. The third kappa shape index (κ3) is 4.32. The van der Waals surface area contributed by atoms with Gasteiger partial charge in [-0.3, -0.25) is 9.59 Å². The molecule has 0 saturated carbocycles. The lowest BCUT2D eigenvalue weighted by Gasteiger charge is -2.10. The molecule has 0 aliphatic heterocycles. The number of amides is 1. The van der Waals surface area contributed by atoms with Gasteiger partial charge in [-0.05, 0) is 35.5 Å². The van der Waals surface area contributed by atoms with Gasteiger partial charge in [0.1, 0.15) is 18.5 Å². The maximum Gasteiger partial charge on any atom is 0.340 e. The number of hydrogen-bond donors (Lipinski definition) is 1. The van der Waals surface area contributed by atoms with Crippen LogP contribution < -0.4 is 5.32 Å². The minimum atomic E-state index is -0.750. The zero-order valence-corrected chi connectivity index (χ0v) is 16.4. The number of para-hydroxylation sites is 2. The van der Waals surface area contributed by atoms with Gasteiger partial charge < -0.3 is 14.5 Å². The Morgan fingerprint density at radius 1 is 1.10 bits per heavy atom. The second-order valence-corrected chi connectivity index (χ2v) is 6.65. The van der Waals surface area contributed by atoms with Crippen LogP contribution in [0.25, 0.3) is 11.0 Å². The molecule has 2 aromatic heterocycles. The molecule has 1 N–H and O–H groups in total. The Bertz CT molecular complexity index is 1260. The highest BCUT2D eigenvalue weighted by Crippen LogP contribution is 2.25. The number of benzene rings is 2. The first-order chi connectivity index (χ1) is 15.0. The fourth-order valence-electron chi connectivity index (χ4n) is 3.07. The van der Waals surface area contributed by atoms with Crippen molar-refractivity contribution in [3.63, 3.8) is 0 Å². The van der Waals surface area contributed by atoms with E-state index in [1.54, 1.807) is 31.2 Å². The second-order valence-electron chi connectivity index (χ2n) is 6.65. The van der Waals surface area contributed by atoms with Gasteiger partial charge >= 0.3 is 5.97 Å². The van der Waals surface area contributed by atoms with E-state index in [0.717, 1.165) is 5.39 Å². The first-order valence-corrected chi connectivity index (χ1v) is 9.31. The molecule has 0 spiro atoms. The number of esters is 1. The van der Waals surface area contributed by atoms with E-state index < -0.39 is 24.3 Å². The fraction of sp³-hybridized carbons (Fsp3) is 0.143. The lowest BCUT2D eigenvalue weighted by Crippen LogP contribution is -2.21. The molecule has 0 bridgehead atoms. The molecule has 4 rings (SSSR count). The van der Waals surface area contributed by atoms with Crippen molar-refractivity contribution in [1.82, 2.24) is 20.2 Å². The largest absolute Gasteiger partial charge is 0.453 e. The van der Waals surface area contributed by atoms with Gasteiger partial charge in [0.15, 0.2) is 12.4 Å². The van der Waals surface area contributed by atoms with E-state index in [0.29, 0.717) is 11.1 Å². The smallest absolute Gasteiger partial charge is 0.340 e. The van der Waals surface area contributed by atoms with Crippen molar-refractivity contribution in [3.8, 4) is 0 Å². The molecule has 10 heteroatoms. The molecule has 0 radical (unpaired) electrons. The molecule has 0 aliphatic rings. The van der Waals surface area contributed by atoms with E-state index in [9.17, 15) is 14.4 Å². The maximum absolute atomic E-state index is 12.6. The number of tetrazole rings is 1. The molecule has 2 aromatic carbocycles. The number of aromatic nitrogens is 4. The topological polar surface area (TPSA) is 129 Å². The summed E-state index contributed by atoms with van der Waals surface area (Å²) in [7, 11) is 0. The predicted octanol–water partition coefficient (Wildman–Crippen LogP) is 2.41. The third-order valence-corrected chi connectivity index (χ3v) is 4.55. The zero-order chi connectivity index (χ0) is 21.8. The molecule has 0 aliphatic carbocycles. The van der Waals surface area contributed by atoms with E-state index in [1.807, 2.05) is 18.2 Å². The number of ether oxygens (including phenoxy) is 1. The molecular weight excluding hydrogens is 402 g/mol. The van der Waals surface area contributed by atoms with Crippen LogP contribution in [-0.2, 0) is 16.1 Å². The van der Waals surface area contributed by atoms with Crippen LogP contribution in [0.3, 0.4) is 0 Å². The van der Waals surface area contributed by atoms with Crippen LogP contribution in [0.4, 0.5) is 5.69 Å². The van der Waals surface area contributed by atoms with Gasteiger partial charge in [0, 0.05) is 10.9 Å². The number of rotatable bonds is 7. The van der Waals surface area contributed by atoms with Crippen molar-refractivity contribution >= 4 is 34.3 Å². The average molecular weight is 419 g/mol. The van der Waals surface area contributed by atoms with Gasteiger partial charge in [0.25, 0.3) is 0 Å². The van der Waals surface area contributed by atoms with Crippen molar-refractivity contribution < 1.29 is 23.5 Å². The summed E-state index contributed by atoms with van der Waals surface area (Å²) in [6, 6.07) is 13.6. The van der Waals surface area contributed by atoms with Gasteiger partial charge in [-0.15, -0.1) is 5.10 Å². The Morgan fingerprint density at radius 2 is 1.87 bits per heavy atom. The number of nitrogens with zero attached hydrogens (tertiary/aromatic N) is 4. The van der Waals surface area contributed by atoms with Crippen LogP contribution >= 0.6 is 0 Å². The van der Waals surface area contributed by atoms with Crippen LogP contribution in [0.15, 0.2) is 59.3 Å². The van der Waals surface area contributed by atoms with E-state index in [4.69, 9.17) is 9.15 Å². The summed E-state index contributed by atoms with van der Waals surface area (Å²) in [6.07, 6.45) is 1.30. The van der Waals surface area contributed by atoms with Crippen molar-refractivity contribution in [3.05, 3.63) is 71.7 Å². The van der Waals surface area contributed by atoms with E-state index in [2.05, 4.69) is 20.8 Å². The number of hydrogen-bond acceptors (Lipinski definition) is 8. The van der Waals surface area contributed by atoms with Crippen LogP contribution in [0.1, 0.15) is 26.5 Å². The maximum atomic E-state index is 12.6. The minimum absolute atomic E-state index is 0.113. The van der Waals surface area contributed by atoms with Crippen molar-refractivity contribution in [2.24, 2.45) is 0 Å². The highest BCUT2D eigenvalue weighted by Gasteiger charge is 2.21. The number of nitrogens with one attached hydrogen (secondary N) is 1. The monoisotopic (exact) mass is 419 g/mol. The molecule has 0 atom stereocenters. The molecule has 4 aromatic rings. The van der Waals surface area contributed by atoms with Gasteiger partial charge in [-0.25, -0.2) is 9.48 Å². The van der Waals surface area contributed by atoms with Crippen molar-refractivity contribution in [2.45, 2.75) is 13.5 Å². The molecule has 0 unspecified atom stereocenters. The Hall–Kier alpha value is -4.34. The van der Waals surface area contributed by atoms with E-state index >= 15 is 0 Å². The molecule has 156 valence electrons. The number of anilines is 1. The predicted molar refractivity (Wildman–Crippen MR) is 108 cm³/mol. The lowest BCUT2D eigenvalue weighted by molar-refractivity contribution is -0.116. The first kappa shape index (κ1) is 20.0. The average Bonchev–Trinajstić information content (AvgIpc) is 3.40.